The van der Waals surface area contributed by atoms with Gasteiger partial charge in [0.15, 0.2) is 0 Å². The van der Waals surface area contributed by atoms with Gasteiger partial charge in [-0.2, -0.15) is 0 Å². The molecule has 1 aliphatic rings. The Bertz CT molecular complexity index is 197. The van der Waals surface area contributed by atoms with Crippen molar-refractivity contribution in [3.05, 3.63) is 0 Å². The monoisotopic (exact) mass is 264 g/mol. The normalized spacial score (nSPS) is 16.3. The van der Waals surface area contributed by atoms with E-state index in [0.717, 1.165) is 52.1 Å². The first-order valence-electron chi connectivity index (χ1n) is 6.38. The van der Waals surface area contributed by atoms with Gasteiger partial charge >= 0.3 is 0 Å². The van der Waals surface area contributed by atoms with E-state index in [9.17, 15) is 4.79 Å². The molecule has 0 aromatic rings. The van der Waals surface area contributed by atoms with Gasteiger partial charge in [0, 0.05) is 32.7 Å². The lowest BCUT2D eigenvalue weighted by molar-refractivity contribution is -0.122. The van der Waals surface area contributed by atoms with Gasteiger partial charge in [-0.15, -0.1) is 12.4 Å². The third-order valence-corrected chi connectivity index (χ3v) is 2.87. The summed E-state index contributed by atoms with van der Waals surface area (Å²) in [4.78, 5) is 11.6. The van der Waals surface area contributed by atoms with Crippen molar-refractivity contribution in [2.24, 2.45) is 5.92 Å². The molecule has 102 valence electrons. The van der Waals surface area contributed by atoms with E-state index < -0.39 is 0 Å². The summed E-state index contributed by atoms with van der Waals surface area (Å²) in [5, 5.41) is 6.21. The smallest absolute Gasteiger partial charge is 0.220 e. The number of ether oxygens (including phenoxy) is 1. The van der Waals surface area contributed by atoms with E-state index >= 15 is 0 Å². The van der Waals surface area contributed by atoms with Gasteiger partial charge in [0.05, 0.1) is 0 Å². The molecule has 0 unspecified atom stereocenters. The van der Waals surface area contributed by atoms with Crippen LogP contribution in [-0.2, 0) is 9.53 Å². The Morgan fingerprint density at radius 2 is 1.94 bits per heavy atom. The number of amides is 1. The van der Waals surface area contributed by atoms with Crippen molar-refractivity contribution >= 4 is 18.3 Å². The summed E-state index contributed by atoms with van der Waals surface area (Å²) >= 11 is 0. The van der Waals surface area contributed by atoms with Gasteiger partial charge in [-0.25, -0.2) is 0 Å². The average molecular weight is 265 g/mol. The molecule has 17 heavy (non-hydrogen) atoms. The number of rotatable bonds is 7. The highest BCUT2D eigenvalue weighted by Crippen LogP contribution is 2.17. The fourth-order valence-electron chi connectivity index (χ4n) is 1.88. The number of nitrogens with one attached hydrogen (secondary N) is 2. The molecule has 0 spiro atoms. The third-order valence-electron chi connectivity index (χ3n) is 2.87. The van der Waals surface area contributed by atoms with E-state index in [2.05, 4.69) is 17.6 Å². The first-order chi connectivity index (χ1) is 7.83. The van der Waals surface area contributed by atoms with Crippen molar-refractivity contribution in [1.82, 2.24) is 10.6 Å². The highest BCUT2D eigenvalue weighted by molar-refractivity contribution is 5.85. The second kappa shape index (κ2) is 10.8. The third kappa shape index (κ3) is 8.41. The highest BCUT2D eigenvalue weighted by atomic mass is 35.5. The summed E-state index contributed by atoms with van der Waals surface area (Å²) < 4.78 is 5.27. The highest BCUT2D eigenvalue weighted by Gasteiger charge is 2.16. The molecule has 0 bridgehead atoms. The van der Waals surface area contributed by atoms with E-state index in [0.29, 0.717) is 12.3 Å². The van der Waals surface area contributed by atoms with Gasteiger partial charge in [0.25, 0.3) is 0 Å². The van der Waals surface area contributed by atoms with Crippen LogP contribution in [0.5, 0.6) is 0 Å². The number of hydrogen-bond acceptors (Lipinski definition) is 3. The van der Waals surface area contributed by atoms with Gasteiger partial charge in [-0.1, -0.05) is 6.92 Å². The molecular weight excluding hydrogens is 240 g/mol. The predicted octanol–water partition coefficient (Wildman–Crippen LogP) is 1.34. The van der Waals surface area contributed by atoms with Crippen LogP contribution >= 0.6 is 12.4 Å². The number of halogens is 1. The maximum Gasteiger partial charge on any atom is 0.220 e. The van der Waals surface area contributed by atoms with E-state index in [1.54, 1.807) is 0 Å². The van der Waals surface area contributed by atoms with Crippen LogP contribution < -0.4 is 10.6 Å². The topological polar surface area (TPSA) is 50.4 Å². The minimum Gasteiger partial charge on any atom is -0.381 e. The zero-order valence-electron chi connectivity index (χ0n) is 10.7. The summed E-state index contributed by atoms with van der Waals surface area (Å²) in [6.07, 6.45) is 3.86. The second-order valence-corrected chi connectivity index (χ2v) is 4.36. The van der Waals surface area contributed by atoms with Crippen molar-refractivity contribution in [3.8, 4) is 0 Å². The molecule has 1 fully saturated rings. The Labute approximate surface area is 110 Å². The lowest BCUT2D eigenvalue weighted by atomic mass is 9.96. The molecule has 1 saturated heterocycles. The molecule has 4 nitrogen and oxygen atoms in total. The van der Waals surface area contributed by atoms with Gasteiger partial charge in [-0.3, -0.25) is 4.79 Å². The van der Waals surface area contributed by atoms with Gasteiger partial charge < -0.3 is 15.4 Å². The minimum absolute atomic E-state index is 0. The van der Waals surface area contributed by atoms with E-state index in [1.807, 2.05) is 0 Å². The van der Waals surface area contributed by atoms with Gasteiger partial charge in [-0.05, 0) is 31.7 Å². The van der Waals surface area contributed by atoms with Crippen LogP contribution in [0.15, 0.2) is 0 Å². The van der Waals surface area contributed by atoms with E-state index in [1.165, 1.54) is 0 Å². The second-order valence-electron chi connectivity index (χ2n) is 4.36. The maximum absolute atomic E-state index is 11.6. The minimum atomic E-state index is 0. The van der Waals surface area contributed by atoms with Crippen molar-refractivity contribution in [1.29, 1.82) is 0 Å². The summed E-state index contributed by atoms with van der Waals surface area (Å²) in [6, 6.07) is 0. The van der Waals surface area contributed by atoms with Crippen LogP contribution in [0.1, 0.15) is 32.6 Å². The Morgan fingerprint density at radius 3 is 2.59 bits per heavy atom. The first kappa shape index (κ1) is 16.7. The molecule has 2 N–H and O–H groups in total. The van der Waals surface area contributed by atoms with Crippen LogP contribution in [0.25, 0.3) is 0 Å². The molecule has 0 aromatic heterocycles. The molecule has 5 heteroatoms. The molecule has 1 amide bonds. The molecule has 0 radical (unpaired) electrons. The maximum atomic E-state index is 11.6. The number of hydrogen-bond donors (Lipinski definition) is 2. The van der Waals surface area contributed by atoms with Crippen LogP contribution in [0.4, 0.5) is 0 Å². The molecule has 0 aromatic carbocycles. The molecule has 1 aliphatic heterocycles. The number of carbonyl (C=O) groups is 1. The van der Waals surface area contributed by atoms with E-state index in [4.69, 9.17) is 4.74 Å². The molecule has 0 saturated carbocycles. The van der Waals surface area contributed by atoms with Crippen molar-refractivity contribution < 1.29 is 9.53 Å². The predicted molar refractivity (Wildman–Crippen MR) is 71.6 cm³/mol. The Balaban J connectivity index is 0.00000256. The molecule has 1 heterocycles. The largest absolute Gasteiger partial charge is 0.381 e. The van der Waals surface area contributed by atoms with Crippen molar-refractivity contribution in [2.45, 2.75) is 32.6 Å². The zero-order valence-corrected chi connectivity index (χ0v) is 11.5. The SMILES string of the molecule is CCCNCCNC(=O)CC1CCOCC1.Cl. The molecular formula is C12H25ClN2O2. The molecule has 0 atom stereocenters. The summed E-state index contributed by atoms with van der Waals surface area (Å²) in [7, 11) is 0. The standard InChI is InChI=1S/C12H24N2O2.ClH/c1-2-5-13-6-7-14-12(15)10-11-3-8-16-9-4-11;/h11,13H,2-10H2,1H3,(H,14,15);1H. The Hall–Kier alpha value is -0.320. The van der Waals surface area contributed by atoms with Crippen LogP contribution in [0.2, 0.25) is 0 Å². The summed E-state index contributed by atoms with van der Waals surface area (Å²) in [6.45, 7) is 6.40. The lowest BCUT2D eigenvalue weighted by Crippen LogP contribution is -2.33. The van der Waals surface area contributed by atoms with E-state index in [-0.39, 0.29) is 18.3 Å². The fourth-order valence-corrected chi connectivity index (χ4v) is 1.88. The summed E-state index contributed by atoms with van der Waals surface area (Å²) in [5.41, 5.74) is 0. The van der Waals surface area contributed by atoms with Crippen molar-refractivity contribution in [3.63, 3.8) is 0 Å². The van der Waals surface area contributed by atoms with Crippen LogP contribution in [0, 0.1) is 5.92 Å². The Morgan fingerprint density at radius 1 is 1.24 bits per heavy atom. The zero-order chi connectivity index (χ0) is 11.6. The lowest BCUT2D eigenvalue weighted by Gasteiger charge is -2.21. The van der Waals surface area contributed by atoms with Crippen molar-refractivity contribution in [2.75, 3.05) is 32.8 Å². The quantitative estimate of drug-likeness (QED) is 0.683. The van der Waals surface area contributed by atoms with Gasteiger partial charge in [0.1, 0.15) is 0 Å². The van der Waals surface area contributed by atoms with Gasteiger partial charge in [0.2, 0.25) is 5.91 Å². The fraction of sp³-hybridized carbons (Fsp3) is 0.917. The Kier molecular flexibility index (Phi) is 10.6. The number of carbonyl (C=O) groups excluding carboxylic acids is 1. The van der Waals surface area contributed by atoms with Crippen LogP contribution in [0.3, 0.4) is 0 Å². The first-order valence-corrected chi connectivity index (χ1v) is 6.38. The molecule has 0 aliphatic carbocycles. The molecule has 1 rings (SSSR count). The summed E-state index contributed by atoms with van der Waals surface area (Å²) in [5.74, 6) is 0.711. The average Bonchev–Trinajstić information content (AvgIpc) is 2.30. The van der Waals surface area contributed by atoms with Crippen LogP contribution in [-0.4, -0.2) is 38.8 Å².